The van der Waals surface area contributed by atoms with Crippen LogP contribution in [0.15, 0.2) is 34.9 Å². The van der Waals surface area contributed by atoms with Crippen molar-refractivity contribution in [3.05, 3.63) is 46.3 Å². The molecule has 0 bridgehead atoms. The summed E-state index contributed by atoms with van der Waals surface area (Å²) in [6.45, 7) is 0. The van der Waals surface area contributed by atoms with E-state index in [-0.39, 0.29) is 11.5 Å². The Morgan fingerprint density at radius 1 is 1.18 bits per heavy atom. The topological polar surface area (TPSA) is 39.4 Å². The van der Waals surface area contributed by atoms with Gasteiger partial charge in [-0.3, -0.25) is 4.79 Å². The lowest BCUT2D eigenvalue weighted by Crippen LogP contribution is -1.91. The molecule has 6 heteroatoms. The Morgan fingerprint density at radius 2 is 1.82 bits per heavy atom. The number of hydrogen-bond donors (Lipinski definition) is 0. The molecule has 0 unspecified atom stereocenters. The minimum Gasteiger partial charge on any atom is -0.456 e. The molecule has 0 amide bonds. The molecule has 0 atom stereocenters. The number of carbonyl (C=O) groups is 1. The fraction of sp³-hybridized carbons (Fsp3) is 0. The Kier molecular flexibility index (Phi) is 3.62. The number of carbonyl (C=O) groups excluding carboxylic acids is 1. The van der Waals surface area contributed by atoms with Crippen molar-refractivity contribution in [3.8, 4) is 11.5 Å². The predicted molar refractivity (Wildman–Crippen MR) is 65.4 cm³/mol. The maximum Gasteiger partial charge on any atom is 0.291 e. The Morgan fingerprint density at radius 3 is 2.41 bits per heavy atom. The molecule has 0 aliphatic rings. The Labute approximate surface area is 112 Å². The largest absolute Gasteiger partial charge is 0.456 e. The highest BCUT2D eigenvalue weighted by molar-refractivity contribution is 6.67. The Bertz CT molecular complexity index is 543. The van der Waals surface area contributed by atoms with Gasteiger partial charge in [0, 0.05) is 16.1 Å². The van der Waals surface area contributed by atoms with E-state index in [1.54, 1.807) is 18.2 Å². The van der Waals surface area contributed by atoms with E-state index in [1.165, 1.54) is 12.3 Å². The lowest BCUT2D eigenvalue weighted by molar-refractivity contribution is 0.105. The molecule has 0 saturated heterocycles. The quantitative estimate of drug-likeness (QED) is 0.766. The smallest absolute Gasteiger partial charge is 0.291 e. The fourth-order valence-corrected chi connectivity index (χ4v) is 1.88. The SMILES string of the molecule is O=C(Cl)c1occc1Oc1cc(Cl)cc(Cl)c1. The van der Waals surface area contributed by atoms with Crippen LogP contribution in [0, 0.1) is 0 Å². The molecule has 1 aromatic carbocycles. The normalized spacial score (nSPS) is 10.3. The fourth-order valence-electron chi connectivity index (χ4n) is 1.24. The summed E-state index contributed by atoms with van der Waals surface area (Å²) in [6, 6.07) is 6.16. The van der Waals surface area contributed by atoms with Crippen molar-refractivity contribution in [1.29, 1.82) is 0 Å². The summed E-state index contributed by atoms with van der Waals surface area (Å²) < 4.78 is 10.3. The van der Waals surface area contributed by atoms with Crippen molar-refractivity contribution >= 4 is 40.0 Å². The van der Waals surface area contributed by atoms with Gasteiger partial charge in [0.25, 0.3) is 5.24 Å². The van der Waals surface area contributed by atoms with Crippen molar-refractivity contribution in [1.82, 2.24) is 0 Å². The molecule has 0 aliphatic heterocycles. The van der Waals surface area contributed by atoms with Crippen molar-refractivity contribution < 1.29 is 13.9 Å². The third-order valence-electron chi connectivity index (χ3n) is 1.87. The second-order valence-corrected chi connectivity index (χ2v) is 4.31. The summed E-state index contributed by atoms with van der Waals surface area (Å²) in [6.07, 6.45) is 1.30. The third kappa shape index (κ3) is 2.94. The lowest BCUT2D eigenvalue weighted by atomic mass is 10.3. The highest BCUT2D eigenvalue weighted by Gasteiger charge is 2.15. The van der Waals surface area contributed by atoms with E-state index in [0.717, 1.165) is 0 Å². The van der Waals surface area contributed by atoms with Crippen LogP contribution in [0.4, 0.5) is 0 Å². The van der Waals surface area contributed by atoms with E-state index < -0.39 is 5.24 Å². The zero-order chi connectivity index (χ0) is 12.4. The van der Waals surface area contributed by atoms with Crippen LogP contribution in [0.1, 0.15) is 10.6 Å². The molecular weight excluding hydrogens is 286 g/mol. The van der Waals surface area contributed by atoms with Crippen LogP contribution in [0.3, 0.4) is 0 Å². The second kappa shape index (κ2) is 5.00. The summed E-state index contributed by atoms with van der Waals surface area (Å²) in [5, 5.41) is 0.114. The van der Waals surface area contributed by atoms with Gasteiger partial charge in [0.1, 0.15) is 5.75 Å². The van der Waals surface area contributed by atoms with Crippen LogP contribution < -0.4 is 4.74 Å². The first-order valence-electron chi connectivity index (χ1n) is 4.47. The molecule has 2 aromatic rings. The molecule has 1 heterocycles. The van der Waals surface area contributed by atoms with Crippen molar-refractivity contribution in [2.75, 3.05) is 0 Å². The number of benzene rings is 1. The molecule has 1 aromatic heterocycles. The van der Waals surface area contributed by atoms with Gasteiger partial charge in [-0.25, -0.2) is 0 Å². The maximum absolute atomic E-state index is 11.0. The molecule has 3 nitrogen and oxygen atoms in total. The van der Waals surface area contributed by atoms with Crippen LogP contribution in [-0.2, 0) is 0 Å². The zero-order valence-corrected chi connectivity index (χ0v) is 10.5. The van der Waals surface area contributed by atoms with Crippen LogP contribution in [-0.4, -0.2) is 5.24 Å². The highest BCUT2D eigenvalue weighted by Crippen LogP contribution is 2.31. The summed E-state index contributed by atoms with van der Waals surface area (Å²) in [5.74, 6) is 0.536. The first kappa shape index (κ1) is 12.3. The molecule has 0 spiro atoms. The van der Waals surface area contributed by atoms with E-state index >= 15 is 0 Å². The van der Waals surface area contributed by atoms with Crippen LogP contribution in [0.2, 0.25) is 10.0 Å². The van der Waals surface area contributed by atoms with Gasteiger partial charge in [0.15, 0.2) is 5.75 Å². The van der Waals surface area contributed by atoms with Crippen LogP contribution in [0.25, 0.3) is 0 Å². The molecule has 88 valence electrons. The van der Waals surface area contributed by atoms with Gasteiger partial charge in [-0.15, -0.1) is 0 Å². The number of hydrogen-bond acceptors (Lipinski definition) is 3. The van der Waals surface area contributed by atoms with E-state index in [4.69, 9.17) is 44.0 Å². The van der Waals surface area contributed by atoms with E-state index in [2.05, 4.69) is 0 Å². The molecule has 0 aliphatic carbocycles. The Hall–Kier alpha value is -1.16. The summed E-state index contributed by atoms with van der Waals surface area (Å²) >= 11 is 16.9. The average molecular weight is 292 g/mol. The standard InChI is InChI=1S/C11H5Cl3O3/c12-6-3-7(13)5-8(4-6)17-9-1-2-16-10(9)11(14)15/h1-5H. The van der Waals surface area contributed by atoms with Gasteiger partial charge in [-0.05, 0) is 29.8 Å². The van der Waals surface area contributed by atoms with Crippen molar-refractivity contribution in [2.24, 2.45) is 0 Å². The van der Waals surface area contributed by atoms with Gasteiger partial charge >= 0.3 is 0 Å². The number of furan rings is 1. The van der Waals surface area contributed by atoms with E-state index in [0.29, 0.717) is 15.8 Å². The molecule has 0 N–H and O–H groups in total. The third-order valence-corrected chi connectivity index (χ3v) is 2.48. The van der Waals surface area contributed by atoms with Gasteiger partial charge < -0.3 is 9.15 Å². The van der Waals surface area contributed by atoms with Gasteiger partial charge in [-0.1, -0.05) is 23.2 Å². The molecule has 0 saturated carbocycles. The first-order valence-corrected chi connectivity index (χ1v) is 5.61. The molecule has 0 radical (unpaired) electrons. The molecular formula is C11H5Cl3O3. The minimum absolute atomic E-state index is 0.0669. The molecule has 17 heavy (non-hydrogen) atoms. The number of halogens is 3. The predicted octanol–water partition coefficient (Wildman–Crippen LogP) is 4.76. The molecule has 2 rings (SSSR count). The van der Waals surface area contributed by atoms with Crippen molar-refractivity contribution in [2.45, 2.75) is 0 Å². The van der Waals surface area contributed by atoms with E-state index in [9.17, 15) is 4.79 Å². The van der Waals surface area contributed by atoms with Gasteiger partial charge in [-0.2, -0.15) is 0 Å². The summed E-state index contributed by atoms with van der Waals surface area (Å²) in [4.78, 5) is 11.0. The summed E-state index contributed by atoms with van der Waals surface area (Å²) in [7, 11) is 0. The number of rotatable bonds is 3. The second-order valence-electron chi connectivity index (χ2n) is 3.09. The lowest BCUT2D eigenvalue weighted by Gasteiger charge is -2.05. The van der Waals surface area contributed by atoms with Crippen molar-refractivity contribution in [3.63, 3.8) is 0 Å². The van der Waals surface area contributed by atoms with Crippen LogP contribution >= 0.6 is 34.8 Å². The Balaban J connectivity index is 2.31. The molecule has 0 fully saturated rings. The zero-order valence-electron chi connectivity index (χ0n) is 8.25. The maximum atomic E-state index is 11.0. The van der Waals surface area contributed by atoms with Gasteiger partial charge in [0.05, 0.1) is 6.26 Å². The van der Waals surface area contributed by atoms with Crippen LogP contribution in [0.5, 0.6) is 11.5 Å². The van der Waals surface area contributed by atoms with Gasteiger partial charge in [0.2, 0.25) is 5.76 Å². The summed E-state index contributed by atoms with van der Waals surface area (Å²) in [5.41, 5.74) is 0. The minimum atomic E-state index is -0.738. The average Bonchev–Trinajstić information content (AvgIpc) is 2.63. The van der Waals surface area contributed by atoms with E-state index in [1.807, 2.05) is 0 Å². The number of ether oxygens (including phenoxy) is 1. The first-order chi connectivity index (χ1) is 8.06. The highest BCUT2D eigenvalue weighted by atomic mass is 35.5. The monoisotopic (exact) mass is 290 g/mol.